The van der Waals surface area contributed by atoms with E-state index in [0.29, 0.717) is 23.9 Å². The highest BCUT2D eigenvalue weighted by molar-refractivity contribution is 7.90. The molecule has 30 heavy (non-hydrogen) atoms. The number of nitrogens with zero attached hydrogens (tertiary/aromatic N) is 2. The maximum Gasteiger partial charge on any atom is 0.191 e. The van der Waals surface area contributed by atoms with Gasteiger partial charge in [0.2, 0.25) is 0 Å². The van der Waals surface area contributed by atoms with Gasteiger partial charge in [-0.25, -0.2) is 8.42 Å². The summed E-state index contributed by atoms with van der Waals surface area (Å²) in [6.07, 6.45) is 1.22. The average molecular weight is 433 g/mol. The van der Waals surface area contributed by atoms with E-state index < -0.39 is 9.84 Å². The third kappa shape index (κ3) is 6.21. The second-order valence-corrected chi connectivity index (χ2v) is 9.38. The van der Waals surface area contributed by atoms with Gasteiger partial charge in [0.05, 0.1) is 18.0 Å². The minimum absolute atomic E-state index is 0.0935. The Morgan fingerprint density at radius 3 is 2.43 bits per heavy atom. The fourth-order valence-electron chi connectivity index (χ4n) is 3.35. The molecule has 0 radical (unpaired) electrons. The van der Waals surface area contributed by atoms with E-state index in [-0.39, 0.29) is 6.04 Å². The number of rotatable bonds is 8. The van der Waals surface area contributed by atoms with Crippen LogP contribution in [0.3, 0.4) is 0 Å². The number of nitrogens with one attached hydrogen (secondary N) is 2. The number of hydrogen-bond donors (Lipinski definition) is 2. The van der Waals surface area contributed by atoms with Gasteiger partial charge in [-0.05, 0) is 44.3 Å². The monoisotopic (exact) mass is 432 g/mol. The van der Waals surface area contributed by atoms with Crippen molar-refractivity contribution in [3.63, 3.8) is 0 Å². The zero-order valence-corrected chi connectivity index (χ0v) is 19.4. The Labute approximate surface area is 180 Å². The number of guanidine groups is 1. The molecule has 0 spiro atoms. The van der Waals surface area contributed by atoms with Gasteiger partial charge in [0.25, 0.3) is 0 Å². The van der Waals surface area contributed by atoms with Crippen molar-refractivity contribution in [1.29, 1.82) is 0 Å². The summed E-state index contributed by atoms with van der Waals surface area (Å²) < 4.78 is 29.1. The predicted molar refractivity (Wildman–Crippen MR) is 122 cm³/mol. The van der Waals surface area contributed by atoms with Crippen LogP contribution in [-0.4, -0.2) is 60.3 Å². The van der Waals surface area contributed by atoms with Gasteiger partial charge in [-0.1, -0.05) is 30.3 Å². The molecule has 7 nitrogen and oxygen atoms in total. The first kappa shape index (κ1) is 23.7. The van der Waals surface area contributed by atoms with Crippen LogP contribution in [0.2, 0.25) is 0 Å². The lowest BCUT2D eigenvalue weighted by atomic mass is 10.0. The lowest BCUT2D eigenvalue weighted by molar-refractivity contribution is 0.287. The Kier molecular flexibility index (Phi) is 8.25. The molecular formula is C22H32N4O3S. The molecular weight excluding hydrogens is 400 g/mol. The van der Waals surface area contributed by atoms with Crippen LogP contribution in [0.25, 0.3) is 0 Å². The number of para-hydroxylation sites is 1. The molecule has 1 atom stereocenters. The van der Waals surface area contributed by atoms with E-state index in [4.69, 9.17) is 4.74 Å². The molecule has 0 amide bonds. The topological polar surface area (TPSA) is 83.0 Å². The van der Waals surface area contributed by atoms with Crippen molar-refractivity contribution in [2.45, 2.75) is 24.4 Å². The molecule has 2 aromatic rings. The number of methoxy groups -OCH3 is 1. The van der Waals surface area contributed by atoms with E-state index in [9.17, 15) is 8.42 Å². The Balaban J connectivity index is 2.04. The largest absolute Gasteiger partial charge is 0.496 e. The van der Waals surface area contributed by atoms with Gasteiger partial charge in [0.15, 0.2) is 15.8 Å². The first-order chi connectivity index (χ1) is 14.2. The van der Waals surface area contributed by atoms with Gasteiger partial charge in [-0.15, -0.1) is 0 Å². The van der Waals surface area contributed by atoms with Crippen molar-refractivity contribution in [2.75, 3.05) is 41.1 Å². The van der Waals surface area contributed by atoms with Crippen LogP contribution in [0.15, 0.2) is 52.4 Å². The summed E-state index contributed by atoms with van der Waals surface area (Å²) >= 11 is 0. The number of ether oxygens (including phenoxy) is 1. The SMILES string of the molecule is CN=C(NCc1ccc(S(C)(=O)=O)c(C)c1)NCC(c1ccccc1OC)N(C)C. The van der Waals surface area contributed by atoms with Gasteiger partial charge >= 0.3 is 0 Å². The normalized spacial score (nSPS) is 13.2. The van der Waals surface area contributed by atoms with Crippen LogP contribution in [-0.2, 0) is 16.4 Å². The standard InChI is InChI=1S/C22H32N4O3S/c1-16-13-17(11-12-21(16)30(6,27)28)14-24-22(23-2)25-15-19(26(3)4)18-9-7-8-10-20(18)29-5/h7-13,19H,14-15H2,1-6H3,(H2,23,24,25). The van der Waals surface area contributed by atoms with Crippen LogP contribution in [0, 0.1) is 6.92 Å². The minimum Gasteiger partial charge on any atom is -0.496 e. The molecule has 0 heterocycles. The number of likely N-dealkylation sites (N-methyl/N-ethyl adjacent to an activating group) is 1. The molecule has 0 bridgehead atoms. The van der Waals surface area contributed by atoms with Crippen LogP contribution < -0.4 is 15.4 Å². The smallest absolute Gasteiger partial charge is 0.191 e. The summed E-state index contributed by atoms with van der Waals surface area (Å²) in [5, 5.41) is 6.65. The van der Waals surface area contributed by atoms with Crippen molar-refractivity contribution in [3.05, 3.63) is 59.2 Å². The fraction of sp³-hybridized carbons (Fsp3) is 0.409. The lowest BCUT2D eigenvalue weighted by Gasteiger charge is -2.27. The second kappa shape index (κ2) is 10.4. The highest BCUT2D eigenvalue weighted by atomic mass is 32.2. The Morgan fingerprint density at radius 2 is 1.87 bits per heavy atom. The summed E-state index contributed by atoms with van der Waals surface area (Å²) in [6, 6.07) is 13.4. The molecule has 0 fully saturated rings. The Morgan fingerprint density at radius 1 is 1.17 bits per heavy atom. The van der Waals surface area contributed by atoms with Gasteiger partial charge in [-0.2, -0.15) is 0 Å². The van der Waals surface area contributed by atoms with Gasteiger partial charge in [-0.3, -0.25) is 4.99 Å². The second-order valence-electron chi connectivity index (χ2n) is 7.40. The maximum absolute atomic E-state index is 11.8. The van der Waals surface area contributed by atoms with E-state index in [0.717, 1.165) is 22.4 Å². The molecule has 0 aromatic heterocycles. The van der Waals surface area contributed by atoms with Crippen molar-refractivity contribution in [1.82, 2.24) is 15.5 Å². The number of aryl methyl sites for hydroxylation is 1. The number of aliphatic imine (C=N–C) groups is 1. The molecule has 0 saturated heterocycles. The van der Waals surface area contributed by atoms with Crippen molar-refractivity contribution < 1.29 is 13.2 Å². The number of hydrogen-bond acceptors (Lipinski definition) is 5. The summed E-state index contributed by atoms with van der Waals surface area (Å²) in [4.78, 5) is 6.79. The number of benzene rings is 2. The maximum atomic E-state index is 11.8. The van der Waals surface area contributed by atoms with E-state index in [1.165, 1.54) is 6.26 Å². The van der Waals surface area contributed by atoms with Crippen LogP contribution in [0.1, 0.15) is 22.7 Å². The van der Waals surface area contributed by atoms with E-state index >= 15 is 0 Å². The zero-order valence-electron chi connectivity index (χ0n) is 18.6. The third-order valence-electron chi connectivity index (χ3n) is 4.91. The van der Waals surface area contributed by atoms with Gasteiger partial charge in [0.1, 0.15) is 5.75 Å². The van der Waals surface area contributed by atoms with Crippen LogP contribution in [0.5, 0.6) is 5.75 Å². The highest BCUT2D eigenvalue weighted by Crippen LogP contribution is 2.27. The van der Waals surface area contributed by atoms with E-state index in [1.807, 2.05) is 51.4 Å². The molecule has 0 saturated carbocycles. The lowest BCUT2D eigenvalue weighted by Crippen LogP contribution is -2.41. The molecule has 164 valence electrons. The minimum atomic E-state index is -3.22. The molecule has 0 aliphatic carbocycles. The van der Waals surface area contributed by atoms with Crippen molar-refractivity contribution >= 4 is 15.8 Å². The summed E-state index contributed by atoms with van der Waals surface area (Å²) in [7, 11) is 4.24. The molecule has 1 unspecified atom stereocenters. The third-order valence-corrected chi connectivity index (χ3v) is 6.16. The number of sulfone groups is 1. The van der Waals surface area contributed by atoms with E-state index in [2.05, 4.69) is 26.6 Å². The van der Waals surface area contributed by atoms with Crippen molar-refractivity contribution in [3.8, 4) is 5.75 Å². The van der Waals surface area contributed by atoms with Crippen LogP contribution in [0.4, 0.5) is 0 Å². The summed E-state index contributed by atoms with van der Waals surface area (Å²) in [6.45, 7) is 2.98. The average Bonchev–Trinajstić information content (AvgIpc) is 2.69. The predicted octanol–water partition coefficient (Wildman–Crippen LogP) is 2.38. The Hall–Kier alpha value is -2.58. The molecule has 2 N–H and O–H groups in total. The molecule has 8 heteroatoms. The molecule has 2 aromatic carbocycles. The first-order valence-electron chi connectivity index (χ1n) is 9.70. The highest BCUT2D eigenvalue weighted by Gasteiger charge is 2.18. The fourth-order valence-corrected chi connectivity index (χ4v) is 4.31. The first-order valence-corrected chi connectivity index (χ1v) is 11.6. The zero-order chi connectivity index (χ0) is 22.3. The molecule has 0 aliphatic heterocycles. The van der Waals surface area contributed by atoms with Crippen molar-refractivity contribution in [2.24, 2.45) is 4.99 Å². The molecule has 2 rings (SSSR count). The van der Waals surface area contributed by atoms with Gasteiger partial charge in [0, 0.05) is 32.0 Å². The van der Waals surface area contributed by atoms with Crippen LogP contribution >= 0.6 is 0 Å². The Bertz CT molecular complexity index is 988. The summed E-state index contributed by atoms with van der Waals surface area (Å²) in [5.41, 5.74) is 2.82. The molecule has 0 aliphatic rings. The quantitative estimate of drug-likeness (QED) is 0.492. The van der Waals surface area contributed by atoms with Gasteiger partial charge < -0.3 is 20.3 Å². The van der Waals surface area contributed by atoms with E-state index in [1.54, 1.807) is 20.2 Å². The summed E-state index contributed by atoms with van der Waals surface area (Å²) in [5.74, 6) is 1.52.